The Morgan fingerprint density at radius 3 is 1.20 bits per heavy atom. The van der Waals surface area contributed by atoms with Crippen molar-refractivity contribution >= 4 is 76.4 Å². The third kappa shape index (κ3) is 6.54. The average Bonchev–Trinajstić information content (AvgIpc) is 4.03. The molecule has 0 bridgehead atoms. The molecule has 0 radical (unpaired) electrons. The zero-order chi connectivity index (χ0) is 51.2. The minimum absolute atomic E-state index is 0.498. The van der Waals surface area contributed by atoms with Crippen LogP contribution in [0.5, 0.6) is 0 Å². The number of thioether (sulfide) groups is 2. The van der Waals surface area contributed by atoms with Crippen molar-refractivity contribution in [2.45, 2.75) is 41.1 Å². The molecule has 4 aliphatic rings. The summed E-state index contributed by atoms with van der Waals surface area (Å²) in [5.41, 5.74) is 4.50. The van der Waals surface area contributed by atoms with E-state index in [-0.39, 0.29) is 0 Å². The number of halogens is 6. The van der Waals surface area contributed by atoms with E-state index < -0.39 is 50.2 Å². The SMILES string of the molecule is CC12SC(c3cc(-c4cncc5ccccc45)cc(-c4nccc5ccccc45)c3)=CC1C1=C(C3C=C(c4cc(-c5nccc6ccccc56)cc(-c5nccc6ccccc56)c4)SC32C)C(F)(F)C(F)(F)C1(F)F. The number of nitrogens with zero attached hydrogens (tertiary/aromatic N) is 4. The summed E-state index contributed by atoms with van der Waals surface area (Å²) in [6.07, 6.45) is 11.8. The van der Waals surface area contributed by atoms with Crippen molar-refractivity contribution in [3.8, 4) is 44.9 Å². The van der Waals surface area contributed by atoms with Gasteiger partial charge in [0, 0.05) is 117 Å². The molecule has 4 aromatic heterocycles. The number of rotatable bonds is 6. The summed E-state index contributed by atoms with van der Waals surface area (Å²) >= 11 is 2.56. The van der Waals surface area contributed by atoms with E-state index in [2.05, 4.69) is 4.98 Å². The maximum absolute atomic E-state index is 16.9. The van der Waals surface area contributed by atoms with Gasteiger partial charge in [-0.3, -0.25) is 19.9 Å². The minimum Gasteiger partial charge on any atom is -0.263 e. The number of hydrogen-bond acceptors (Lipinski definition) is 6. The van der Waals surface area contributed by atoms with Crippen molar-refractivity contribution in [1.82, 2.24) is 19.9 Å². The van der Waals surface area contributed by atoms with Crippen molar-refractivity contribution in [3.63, 3.8) is 0 Å². The number of benzene rings is 6. The molecule has 0 saturated carbocycles. The summed E-state index contributed by atoms with van der Waals surface area (Å²) in [6.45, 7) is 3.56. The Kier molecular flexibility index (Phi) is 9.96. The first-order chi connectivity index (χ1) is 36.2. The smallest absolute Gasteiger partial charge is 0.263 e. The molecular formula is C63H40F6N4S2. The van der Waals surface area contributed by atoms with Gasteiger partial charge in [0.15, 0.2) is 0 Å². The molecule has 6 aromatic carbocycles. The highest BCUT2D eigenvalue weighted by Crippen LogP contribution is 2.77. The van der Waals surface area contributed by atoms with Crippen LogP contribution in [-0.4, -0.2) is 47.2 Å². The fraction of sp³-hybridized carbons (Fsp3) is 0.143. The van der Waals surface area contributed by atoms with Crippen LogP contribution in [0.1, 0.15) is 25.0 Å². The summed E-state index contributed by atoms with van der Waals surface area (Å²) in [5.74, 6) is -19.1. The fourth-order valence-corrected chi connectivity index (χ4v) is 15.5. The molecule has 2 aliphatic heterocycles. The molecule has 4 unspecified atom stereocenters. The second kappa shape index (κ2) is 16.2. The summed E-state index contributed by atoms with van der Waals surface area (Å²) in [5, 5.41) is 7.34. The number of alkyl halides is 6. The van der Waals surface area contributed by atoms with Gasteiger partial charge >= 0.3 is 17.8 Å². The van der Waals surface area contributed by atoms with Gasteiger partial charge in [-0.15, -0.1) is 23.5 Å². The summed E-state index contributed by atoms with van der Waals surface area (Å²) in [6, 6.07) is 48.9. The van der Waals surface area contributed by atoms with Gasteiger partial charge in [-0.25, -0.2) is 0 Å². The number of fused-ring (bicyclic) bond motifs is 9. The van der Waals surface area contributed by atoms with E-state index in [1.54, 1.807) is 57.0 Å². The quantitative estimate of drug-likeness (QED) is 0.122. The lowest BCUT2D eigenvalue weighted by Gasteiger charge is -2.52. The summed E-state index contributed by atoms with van der Waals surface area (Å²) in [7, 11) is 0. The van der Waals surface area contributed by atoms with Crippen LogP contribution in [0.3, 0.4) is 0 Å². The summed E-state index contributed by atoms with van der Waals surface area (Å²) < 4.78 is 97.4. The molecule has 4 nitrogen and oxygen atoms in total. The topological polar surface area (TPSA) is 51.6 Å². The van der Waals surface area contributed by atoms with E-state index in [1.165, 1.54) is 23.5 Å². The van der Waals surface area contributed by atoms with Crippen molar-refractivity contribution in [2.75, 3.05) is 0 Å². The van der Waals surface area contributed by atoms with Gasteiger partial charge in [-0.05, 0) is 107 Å². The predicted octanol–water partition coefficient (Wildman–Crippen LogP) is 17.4. The van der Waals surface area contributed by atoms with Gasteiger partial charge in [0.1, 0.15) is 0 Å². The zero-order valence-electron chi connectivity index (χ0n) is 40.0. The zero-order valence-corrected chi connectivity index (χ0v) is 41.6. The number of aromatic nitrogens is 4. The maximum Gasteiger partial charge on any atom is 0.380 e. The highest BCUT2D eigenvalue weighted by Gasteiger charge is 2.85. The second-order valence-corrected chi connectivity index (χ2v) is 23.1. The van der Waals surface area contributed by atoms with Gasteiger partial charge in [-0.2, -0.15) is 26.3 Å². The molecule has 0 spiro atoms. The van der Waals surface area contributed by atoms with Crippen LogP contribution in [0, 0.1) is 11.8 Å². The molecule has 2 aliphatic carbocycles. The van der Waals surface area contributed by atoms with Crippen molar-refractivity contribution in [1.29, 1.82) is 0 Å². The monoisotopic (exact) mass is 1030 g/mol. The highest BCUT2D eigenvalue weighted by atomic mass is 32.2. The van der Waals surface area contributed by atoms with E-state index in [1.807, 2.05) is 152 Å². The Hall–Kier alpha value is -7.54. The lowest BCUT2D eigenvalue weighted by molar-refractivity contribution is -0.266. The molecule has 12 heteroatoms. The van der Waals surface area contributed by atoms with Gasteiger partial charge in [0.05, 0.1) is 17.1 Å². The summed E-state index contributed by atoms with van der Waals surface area (Å²) in [4.78, 5) is 20.2. The van der Waals surface area contributed by atoms with Crippen LogP contribution in [0.25, 0.3) is 97.8 Å². The molecule has 75 heavy (non-hydrogen) atoms. The molecule has 6 heterocycles. The first-order valence-corrected chi connectivity index (χ1v) is 26.2. The minimum atomic E-state index is -5.69. The molecule has 0 amide bonds. The van der Waals surface area contributed by atoms with Crippen LogP contribution in [0.2, 0.25) is 0 Å². The van der Waals surface area contributed by atoms with Crippen molar-refractivity contribution in [3.05, 3.63) is 217 Å². The Morgan fingerprint density at radius 1 is 0.400 bits per heavy atom. The molecule has 14 rings (SSSR count). The second-order valence-electron chi connectivity index (χ2n) is 20.1. The third-order valence-corrected chi connectivity index (χ3v) is 19.6. The van der Waals surface area contributed by atoms with E-state index >= 15 is 26.3 Å². The van der Waals surface area contributed by atoms with E-state index in [0.29, 0.717) is 49.1 Å². The van der Waals surface area contributed by atoms with Crippen molar-refractivity contribution < 1.29 is 26.3 Å². The Labute approximate surface area is 435 Å². The van der Waals surface area contributed by atoms with Crippen LogP contribution >= 0.6 is 23.5 Å². The van der Waals surface area contributed by atoms with Crippen molar-refractivity contribution in [2.24, 2.45) is 11.8 Å². The molecule has 366 valence electrons. The standard InChI is InChI=1S/C63H40F6N4S2/c1-59-50(31-52(74-59)40-25-39(49-34-70-33-38-14-6-7-15-45(38)49)26-42(27-40)56-46-16-8-3-11-35(46)19-22-71-56)54-55(62(66,67)63(68,69)61(54,64)65)51-32-53(75-60(51,59)2)41-28-43(57-47-17-9-4-12-36(47)20-23-72-57)30-44(29-41)58-48-18-10-5-13-37(48)21-24-73-58/h3-34,50-51H,1-2H3. The number of pyridine rings is 4. The third-order valence-electron chi connectivity index (χ3n) is 16.1. The molecule has 0 N–H and O–H groups in total. The predicted molar refractivity (Wildman–Crippen MR) is 293 cm³/mol. The number of hydrogen-bond donors (Lipinski definition) is 0. The number of allylic oxidation sites excluding steroid dienone is 4. The first kappa shape index (κ1) is 46.0. The maximum atomic E-state index is 16.9. The van der Waals surface area contributed by atoms with E-state index in [9.17, 15) is 0 Å². The fourth-order valence-electron chi connectivity index (χ4n) is 12.2. The Balaban J connectivity index is 0.963. The lowest BCUT2D eigenvalue weighted by Crippen LogP contribution is -2.56. The van der Waals surface area contributed by atoms with E-state index in [4.69, 9.17) is 15.0 Å². The van der Waals surface area contributed by atoms with Crippen LogP contribution in [0.4, 0.5) is 26.3 Å². The molecule has 10 aromatic rings. The van der Waals surface area contributed by atoms with Crippen LogP contribution in [-0.2, 0) is 0 Å². The molecular weight excluding hydrogens is 991 g/mol. The van der Waals surface area contributed by atoms with Crippen LogP contribution < -0.4 is 0 Å². The largest absolute Gasteiger partial charge is 0.380 e. The Bertz CT molecular complexity index is 3730. The normalized spacial score (nSPS) is 23.1. The van der Waals surface area contributed by atoms with E-state index in [0.717, 1.165) is 59.8 Å². The van der Waals surface area contributed by atoms with Gasteiger partial charge in [-0.1, -0.05) is 109 Å². The van der Waals surface area contributed by atoms with Gasteiger partial charge in [0.2, 0.25) is 0 Å². The van der Waals surface area contributed by atoms with Crippen LogP contribution in [0.15, 0.2) is 206 Å². The molecule has 0 fully saturated rings. The first-order valence-electron chi connectivity index (χ1n) is 24.5. The average molecular weight is 1030 g/mol. The van der Waals surface area contributed by atoms with Gasteiger partial charge in [0.25, 0.3) is 0 Å². The Morgan fingerprint density at radius 2 is 0.760 bits per heavy atom. The lowest BCUT2D eigenvalue weighted by atomic mass is 9.63. The molecule has 4 atom stereocenters. The highest BCUT2D eigenvalue weighted by molar-refractivity contribution is 8.13. The van der Waals surface area contributed by atoms with Gasteiger partial charge < -0.3 is 0 Å². The molecule has 0 saturated heterocycles.